The van der Waals surface area contributed by atoms with E-state index < -0.39 is 11.6 Å². The van der Waals surface area contributed by atoms with E-state index in [1.54, 1.807) is 19.1 Å². The Labute approximate surface area is 130 Å². The molecular formula is C17H14O6. The van der Waals surface area contributed by atoms with Gasteiger partial charge in [0.2, 0.25) is 0 Å². The summed E-state index contributed by atoms with van der Waals surface area (Å²) in [6.07, 6.45) is 0. The monoisotopic (exact) mass is 314 g/mol. The van der Waals surface area contributed by atoms with Gasteiger partial charge in [0.05, 0.1) is 7.11 Å². The number of hydrogen-bond donors (Lipinski definition) is 1. The van der Waals surface area contributed by atoms with Gasteiger partial charge in [-0.3, -0.25) is 4.79 Å². The van der Waals surface area contributed by atoms with Gasteiger partial charge in [0.25, 0.3) is 0 Å². The molecule has 1 aromatic heterocycles. The normalized spacial score (nSPS) is 10.9. The number of phenols is 1. The molecule has 1 heterocycles. The molecule has 0 amide bonds. The van der Waals surface area contributed by atoms with Gasteiger partial charge in [-0.1, -0.05) is 0 Å². The van der Waals surface area contributed by atoms with Crippen molar-refractivity contribution in [2.24, 2.45) is 0 Å². The van der Waals surface area contributed by atoms with Gasteiger partial charge in [0.15, 0.2) is 0 Å². The molecule has 0 fully saturated rings. The molecule has 118 valence electrons. The third-order valence-electron chi connectivity index (χ3n) is 3.54. The Hall–Kier alpha value is -3.02. The van der Waals surface area contributed by atoms with E-state index >= 15 is 0 Å². The van der Waals surface area contributed by atoms with Crippen molar-refractivity contribution in [3.63, 3.8) is 0 Å². The van der Waals surface area contributed by atoms with Crippen LogP contribution in [-0.2, 0) is 4.79 Å². The van der Waals surface area contributed by atoms with Crippen LogP contribution in [0.25, 0.3) is 21.7 Å². The molecule has 0 saturated heterocycles. The standard InChI is InChI=1S/C17H14O6/c1-8-4-11(22-9(2)18)7-14-15(8)12-5-10(21-3)6-13(19)16(12)17(20)23-14/h4-7,19H,1-3H3. The number of carbonyl (C=O) groups is 1. The molecule has 0 aliphatic heterocycles. The Morgan fingerprint density at radius 1 is 1.13 bits per heavy atom. The Morgan fingerprint density at radius 3 is 2.52 bits per heavy atom. The second-order valence-corrected chi connectivity index (χ2v) is 5.17. The molecule has 0 radical (unpaired) electrons. The molecule has 3 aromatic rings. The summed E-state index contributed by atoms with van der Waals surface area (Å²) in [4.78, 5) is 23.3. The van der Waals surface area contributed by atoms with E-state index in [4.69, 9.17) is 13.9 Å². The van der Waals surface area contributed by atoms with Crippen LogP contribution in [0.3, 0.4) is 0 Å². The molecule has 6 nitrogen and oxygen atoms in total. The van der Waals surface area contributed by atoms with Crippen LogP contribution in [0.2, 0.25) is 0 Å². The fourth-order valence-electron chi connectivity index (χ4n) is 2.65. The second-order valence-electron chi connectivity index (χ2n) is 5.17. The number of carbonyl (C=O) groups excluding carboxylic acids is 1. The fraction of sp³-hybridized carbons (Fsp3) is 0.176. The molecule has 0 saturated carbocycles. The van der Waals surface area contributed by atoms with E-state index in [1.807, 2.05) is 0 Å². The molecule has 1 N–H and O–H groups in total. The van der Waals surface area contributed by atoms with Gasteiger partial charge in [-0.05, 0) is 24.6 Å². The van der Waals surface area contributed by atoms with E-state index in [1.165, 1.54) is 26.2 Å². The highest BCUT2D eigenvalue weighted by atomic mass is 16.5. The first-order chi connectivity index (χ1) is 10.9. The predicted octanol–water partition coefficient (Wildman–Crippen LogP) is 2.89. The SMILES string of the molecule is COc1cc(O)c2c(=O)oc3cc(OC(C)=O)cc(C)c3c2c1. The molecule has 0 atom stereocenters. The maximum atomic E-state index is 12.2. The molecule has 0 bridgehead atoms. The minimum atomic E-state index is -0.674. The lowest BCUT2D eigenvalue weighted by Gasteiger charge is -2.10. The minimum absolute atomic E-state index is 0.0848. The van der Waals surface area contributed by atoms with Crippen LogP contribution in [0.5, 0.6) is 17.2 Å². The van der Waals surface area contributed by atoms with Crippen LogP contribution < -0.4 is 15.1 Å². The smallest absolute Gasteiger partial charge is 0.347 e. The van der Waals surface area contributed by atoms with E-state index in [9.17, 15) is 14.7 Å². The Balaban J connectivity index is 2.45. The molecule has 3 rings (SSSR count). The second kappa shape index (κ2) is 5.31. The highest BCUT2D eigenvalue weighted by Gasteiger charge is 2.16. The molecular weight excluding hydrogens is 300 g/mol. The number of aromatic hydroxyl groups is 1. The van der Waals surface area contributed by atoms with Gasteiger partial charge in [0.1, 0.15) is 28.2 Å². The van der Waals surface area contributed by atoms with Crippen molar-refractivity contribution in [1.29, 1.82) is 0 Å². The third kappa shape index (κ3) is 2.48. The summed E-state index contributed by atoms with van der Waals surface area (Å²) in [5, 5.41) is 11.3. The van der Waals surface area contributed by atoms with Gasteiger partial charge < -0.3 is 19.0 Å². The average molecular weight is 314 g/mol. The van der Waals surface area contributed by atoms with Crippen LogP contribution >= 0.6 is 0 Å². The summed E-state index contributed by atoms with van der Waals surface area (Å²) in [7, 11) is 1.47. The zero-order chi connectivity index (χ0) is 16.7. The zero-order valence-electron chi connectivity index (χ0n) is 12.8. The molecule has 23 heavy (non-hydrogen) atoms. The highest BCUT2D eigenvalue weighted by molar-refractivity contribution is 6.08. The number of ether oxygens (including phenoxy) is 2. The zero-order valence-corrected chi connectivity index (χ0v) is 12.8. The maximum Gasteiger partial charge on any atom is 0.347 e. The number of benzene rings is 2. The largest absolute Gasteiger partial charge is 0.507 e. The number of aryl methyl sites for hydroxylation is 1. The molecule has 0 spiro atoms. The lowest BCUT2D eigenvalue weighted by Crippen LogP contribution is -2.04. The minimum Gasteiger partial charge on any atom is -0.507 e. The van der Waals surface area contributed by atoms with Crippen molar-refractivity contribution >= 4 is 27.7 Å². The Kier molecular flexibility index (Phi) is 3.44. The van der Waals surface area contributed by atoms with Crippen LogP contribution in [0.4, 0.5) is 0 Å². The summed E-state index contributed by atoms with van der Waals surface area (Å²) in [5.41, 5.74) is 0.332. The maximum absolute atomic E-state index is 12.2. The quantitative estimate of drug-likeness (QED) is 0.339. The van der Waals surface area contributed by atoms with Crippen LogP contribution in [-0.4, -0.2) is 18.2 Å². The number of fused-ring (bicyclic) bond motifs is 3. The van der Waals surface area contributed by atoms with E-state index in [2.05, 4.69) is 0 Å². The Bertz CT molecular complexity index is 1000. The number of methoxy groups -OCH3 is 1. The Morgan fingerprint density at radius 2 is 1.87 bits per heavy atom. The lowest BCUT2D eigenvalue weighted by molar-refractivity contribution is -0.131. The fourth-order valence-corrected chi connectivity index (χ4v) is 2.65. The molecule has 2 aromatic carbocycles. The number of esters is 1. The van der Waals surface area contributed by atoms with Crippen LogP contribution in [0.1, 0.15) is 12.5 Å². The lowest BCUT2D eigenvalue weighted by atomic mass is 10.0. The van der Waals surface area contributed by atoms with E-state index in [0.29, 0.717) is 16.5 Å². The highest BCUT2D eigenvalue weighted by Crippen LogP contribution is 2.35. The van der Waals surface area contributed by atoms with E-state index in [0.717, 1.165) is 5.56 Å². The molecule has 0 aliphatic carbocycles. The van der Waals surface area contributed by atoms with E-state index in [-0.39, 0.29) is 22.5 Å². The summed E-state index contributed by atoms with van der Waals surface area (Å²) in [5.74, 6) is 0.0344. The number of phenolic OH excluding ortho intramolecular Hbond substituents is 1. The van der Waals surface area contributed by atoms with Crippen LogP contribution in [0, 0.1) is 6.92 Å². The number of rotatable bonds is 2. The summed E-state index contributed by atoms with van der Waals surface area (Å²) in [6, 6.07) is 6.15. The first-order valence-corrected chi connectivity index (χ1v) is 6.87. The third-order valence-corrected chi connectivity index (χ3v) is 3.54. The molecule has 0 aliphatic rings. The van der Waals surface area contributed by atoms with Crippen molar-refractivity contribution in [3.05, 3.63) is 40.2 Å². The summed E-state index contributed by atoms with van der Waals surface area (Å²) in [6.45, 7) is 3.09. The van der Waals surface area contributed by atoms with Gasteiger partial charge in [-0.2, -0.15) is 0 Å². The van der Waals surface area contributed by atoms with Crippen molar-refractivity contribution in [3.8, 4) is 17.2 Å². The van der Waals surface area contributed by atoms with Gasteiger partial charge in [-0.15, -0.1) is 0 Å². The van der Waals surface area contributed by atoms with Crippen molar-refractivity contribution in [2.45, 2.75) is 13.8 Å². The first-order valence-electron chi connectivity index (χ1n) is 6.87. The topological polar surface area (TPSA) is 86.0 Å². The summed E-state index contributed by atoms with van der Waals surface area (Å²) < 4.78 is 15.5. The van der Waals surface area contributed by atoms with Crippen LogP contribution in [0.15, 0.2) is 33.5 Å². The van der Waals surface area contributed by atoms with Crippen molar-refractivity contribution in [2.75, 3.05) is 7.11 Å². The van der Waals surface area contributed by atoms with Gasteiger partial charge >= 0.3 is 11.6 Å². The number of hydrogen-bond acceptors (Lipinski definition) is 6. The summed E-state index contributed by atoms with van der Waals surface area (Å²) >= 11 is 0. The molecule has 6 heteroatoms. The van der Waals surface area contributed by atoms with Gasteiger partial charge in [-0.25, -0.2) is 4.79 Å². The van der Waals surface area contributed by atoms with Crippen molar-refractivity contribution in [1.82, 2.24) is 0 Å². The predicted molar refractivity (Wildman–Crippen MR) is 84.3 cm³/mol. The molecule has 0 unspecified atom stereocenters. The van der Waals surface area contributed by atoms with Crippen molar-refractivity contribution < 1.29 is 23.8 Å². The van der Waals surface area contributed by atoms with Gasteiger partial charge in [0, 0.05) is 29.8 Å². The average Bonchev–Trinajstić information content (AvgIpc) is 2.44. The first kappa shape index (κ1) is 14.9.